The summed E-state index contributed by atoms with van der Waals surface area (Å²) in [5.41, 5.74) is -0.579. The first-order valence-electron chi connectivity index (χ1n) is 5.31. The lowest BCUT2D eigenvalue weighted by Crippen LogP contribution is -2.07. The average Bonchev–Trinajstić information content (AvgIpc) is 3.08. The van der Waals surface area contributed by atoms with Crippen LogP contribution in [-0.2, 0) is 6.18 Å². The summed E-state index contributed by atoms with van der Waals surface area (Å²) in [5, 5.41) is 0. The van der Waals surface area contributed by atoms with Gasteiger partial charge in [-0.1, -0.05) is 5.92 Å². The molecule has 0 amide bonds. The molecule has 4 heteroatoms. The molecule has 0 heterocycles. The predicted molar refractivity (Wildman–Crippen MR) is 57.6 cm³/mol. The molecule has 90 valence electrons. The van der Waals surface area contributed by atoms with Crippen molar-refractivity contribution in [1.82, 2.24) is 0 Å². The zero-order chi connectivity index (χ0) is 12.5. The molecule has 0 atom stereocenters. The van der Waals surface area contributed by atoms with Gasteiger partial charge in [-0.15, -0.1) is 6.42 Å². The van der Waals surface area contributed by atoms with E-state index in [0.717, 1.165) is 25.0 Å². The maximum absolute atomic E-state index is 12.6. The van der Waals surface area contributed by atoms with Crippen LogP contribution in [0.5, 0.6) is 5.75 Å². The van der Waals surface area contributed by atoms with Crippen LogP contribution in [0.3, 0.4) is 0 Å². The number of hydrogen-bond donors (Lipinski definition) is 0. The molecule has 1 aliphatic rings. The Morgan fingerprint density at radius 2 is 2.00 bits per heavy atom. The van der Waals surface area contributed by atoms with E-state index >= 15 is 0 Å². The van der Waals surface area contributed by atoms with Gasteiger partial charge in [0.2, 0.25) is 0 Å². The van der Waals surface area contributed by atoms with E-state index in [9.17, 15) is 13.2 Å². The molecule has 1 saturated carbocycles. The minimum Gasteiger partial charge on any atom is -0.493 e. The molecule has 2 rings (SSSR count). The molecule has 0 N–H and O–H groups in total. The van der Waals surface area contributed by atoms with E-state index in [1.165, 1.54) is 6.07 Å². The van der Waals surface area contributed by atoms with Gasteiger partial charge in [0.1, 0.15) is 5.75 Å². The molecule has 17 heavy (non-hydrogen) atoms. The van der Waals surface area contributed by atoms with Gasteiger partial charge in [-0.2, -0.15) is 13.2 Å². The third kappa shape index (κ3) is 3.16. The molecule has 1 aliphatic carbocycles. The topological polar surface area (TPSA) is 9.23 Å². The molecule has 0 aliphatic heterocycles. The van der Waals surface area contributed by atoms with Gasteiger partial charge in [-0.25, -0.2) is 0 Å². The first-order chi connectivity index (χ1) is 7.99. The highest BCUT2D eigenvalue weighted by atomic mass is 19.4. The molecule has 0 aromatic heterocycles. The Morgan fingerprint density at radius 3 is 2.53 bits per heavy atom. The SMILES string of the molecule is C#Cc1cc(OCC2CC2)cc(C(F)(F)F)c1. The molecule has 1 aromatic rings. The zero-order valence-corrected chi connectivity index (χ0v) is 9.05. The van der Waals surface area contributed by atoms with Crippen molar-refractivity contribution < 1.29 is 17.9 Å². The molecule has 1 fully saturated rings. The fraction of sp³-hybridized carbons (Fsp3) is 0.385. The predicted octanol–water partition coefficient (Wildman–Crippen LogP) is 3.48. The van der Waals surface area contributed by atoms with Crippen LogP contribution >= 0.6 is 0 Å². The Balaban J connectivity index is 2.21. The van der Waals surface area contributed by atoms with E-state index in [1.807, 2.05) is 0 Å². The fourth-order valence-corrected chi connectivity index (χ4v) is 1.43. The first kappa shape index (κ1) is 11.8. The Bertz CT molecular complexity index is 453. The minimum atomic E-state index is -4.40. The summed E-state index contributed by atoms with van der Waals surface area (Å²) in [7, 11) is 0. The lowest BCUT2D eigenvalue weighted by atomic mass is 10.1. The molecular formula is C13H11F3O. The van der Waals surface area contributed by atoms with Crippen molar-refractivity contribution in [1.29, 1.82) is 0 Å². The summed E-state index contributed by atoms with van der Waals surface area (Å²) in [6, 6.07) is 3.39. The summed E-state index contributed by atoms with van der Waals surface area (Å²) < 4.78 is 43.0. The quantitative estimate of drug-likeness (QED) is 0.735. The lowest BCUT2D eigenvalue weighted by Gasteiger charge is -2.11. The summed E-state index contributed by atoms with van der Waals surface area (Å²) in [4.78, 5) is 0. The highest BCUT2D eigenvalue weighted by molar-refractivity contribution is 5.43. The van der Waals surface area contributed by atoms with E-state index in [-0.39, 0.29) is 11.3 Å². The smallest absolute Gasteiger partial charge is 0.416 e. The average molecular weight is 240 g/mol. The maximum Gasteiger partial charge on any atom is 0.416 e. The van der Waals surface area contributed by atoms with Crippen molar-refractivity contribution in [2.24, 2.45) is 5.92 Å². The molecule has 1 aromatic carbocycles. The molecule has 0 spiro atoms. The van der Waals surface area contributed by atoms with Crippen LogP contribution in [0.2, 0.25) is 0 Å². The van der Waals surface area contributed by atoms with Crippen molar-refractivity contribution in [2.75, 3.05) is 6.61 Å². The van der Waals surface area contributed by atoms with Crippen LogP contribution in [0.25, 0.3) is 0 Å². The van der Waals surface area contributed by atoms with Crippen LogP contribution in [0.4, 0.5) is 13.2 Å². The molecular weight excluding hydrogens is 229 g/mol. The van der Waals surface area contributed by atoms with E-state index < -0.39 is 11.7 Å². The zero-order valence-electron chi connectivity index (χ0n) is 9.05. The van der Waals surface area contributed by atoms with Gasteiger partial charge in [-0.05, 0) is 37.0 Å². The standard InChI is InChI=1S/C13H11F3O/c1-2-9-5-11(13(14,15)16)7-12(6-9)17-8-10-3-4-10/h1,5-7,10H,3-4,8H2. The van der Waals surface area contributed by atoms with Gasteiger partial charge in [0.15, 0.2) is 0 Å². The van der Waals surface area contributed by atoms with E-state index in [2.05, 4.69) is 5.92 Å². The van der Waals surface area contributed by atoms with Crippen LogP contribution < -0.4 is 4.74 Å². The van der Waals surface area contributed by atoms with Gasteiger partial charge < -0.3 is 4.74 Å². The van der Waals surface area contributed by atoms with Crippen molar-refractivity contribution in [3.63, 3.8) is 0 Å². The molecule has 0 saturated heterocycles. The van der Waals surface area contributed by atoms with E-state index in [1.54, 1.807) is 0 Å². The van der Waals surface area contributed by atoms with Crippen molar-refractivity contribution >= 4 is 0 Å². The second-order valence-corrected chi connectivity index (χ2v) is 4.14. The number of benzene rings is 1. The van der Waals surface area contributed by atoms with E-state index in [0.29, 0.717) is 12.5 Å². The molecule has 0 unspecified atom stereocenters. The van der Waals surface area contributed by atoms with Crippen LogP contribution in [0, 0.1) is 18.3 Å². The maximum atomic E-state index is 12.6. The molecule has 0 radical (unpaired) electrons. The number of alkyl halides is 3. The summed E-state index contributed by atoms with van der Waals surface area (Å²) in [6.07, 6.45) is 2.90. The van der Waals surface area contributed by atoms with Crippen molar-refractivity contribution in [3.05, 3.63) is 29.3 Å². The number of hydrogen-bond acceptors (Lipinski definition) is 1. The number of rotatable bonds is 3. The number of halogens is 3. The van der Waals surface area contributed by atoms with Gasteiger partial charge in [0.05, 0.1) is 12.2 Å². The third-order valence-electron chi connectivity index (χ3n) is 2.58. The molecule has 1 nitrogen and oxygen atoms in total. The van der Waals surface area contributed by atoms with Gasteiger partial charge >= 0.3 is 6.18 Å². The van der Waals surface area contributed by atoms with Crippen molar-refractivity contribution in [2.45, 2.75) is 19.0 Å². The van der Waals surface area contributed by atoms with Gasteiger partial charge in [-0.3, -0.25) is 0 Å². The molecule has 0 bridgehead atoms. The first-order valence-corrected chi connectivity index (χ1v) is 5.31. The second kappa shape index (κ2) is 4.33. The monoisotopic (exact) mass is 240 g/mol. The van der Waals surface area contributed by atoms with Gasteiger partial charge in [0.25, 0.3) is 0 Å². The van der Waals surface area contributed by atoms with Crippen molar-refractivity contribution in [3.8, 4) is 18.1 Å². The highest BCUT2D eigenvalue weighted by Crippen LogP contribution is 2.34. The lowest BCUT2D eigenvalue weighted by molar-refractivity contribution is -0.137. The minimum absolute atomic E-state index is 0.186. The Labute approximate surface area is 97.6 Å². The summed E-state index contributed by atoms with van der Waals surface area (Å²) in [6.45, 7) is 0.464. The van der Waals surface area contributed by atoms with Crippen LogP contribution in [-0.4, -0.2) is 6.61 Å². The normalized spacial score (nSPS) is 15.4. The van der Waals surface area contributed by atoms with E-state index in [4.69, 9.17) is 11.2 Å². The van der Waals surface area contributed by atoms with Crippen LogP contribution in [0.15, 0.2) is 18.2 Å². The Kier molecular flexibility index (Phi) is 3.01. The fourth-order valence-electron chi connectivity index (χ4n) is 1.43. The Hall–Kier alpha value is -1.63. The Morgan fingerprint density at radius 1 is 1.29 bits per heavy atom. The second-order valence-electron chi connectivity index (χ2n) is 4.14. The largest absolute Gasteiger partial charge is 0.493 e. The van der Waals surface area contributed by atoms with Gasteiger partial charge in [0, 0.05) is 5.56 Å². The third-order valence-corrected chi connectivity index (χ3v) is 2.58. The van der Waals surface area contributed by atoms with Crippen LogP contribution in [0.1, 0.15) is 24.0 Å². The highest BCUT2D eigenvalue weighted by Gasteiger charge is 2.31. The number of ether oxygens (including phenoxy) is 1. The summed E-state index contributed by atoms with van der Waals surface area (Å²) >= 11 is 0. The summed E-state index contributed by atoms with van der Waals surface area (Å²) in [5.74, 6) is 2.88. The number of terminal acetylenes is 1.